The average molecular weight is 612 g/mol. The van der Waals surface area contributed by atoms with Gasteiger partial charge in [-0.2, -0.15) is 0 Å². The summed E-state index contributed by atoms with van der Waals surface area (Å²) in [7, 11) is 0. The summed E-state index contributed by atoms with van der Waals surface area (Å²) in [5.41, 5.74) is -4.13. The first-order valence-electron chi connectivity index (χ1n) is 12.4. The van der Waals surface area contributed by atoms with Crippen LogP contribution < -0.4 is 0 Å². The van der Waals surface area contributed by atoms with Crippen LogP contribution in [0.5, 0.6) is 0 Å². The Bertz CT molecular complexity index is 1380. The zero-order valence-electron chi connectivity index (χ0n) is 21.4. The van der Waals surface area contributed by atoms with Crippen LogP contribution in [0.25, 0.3) is 0 Å². The van der Waals surface area contributed by atoms with Gasteiger partial charge in [-0.15, -0.1) is 0 Å². The van der Waals surface area contributed by atoms with Crippen LogP contribution >= 0.6 is 46.4 Å². The van der Waals surface area contributed by atoms with Crippen LogP contribution in [0.1, 0.15) is 37.8 Å². The van der Waals surface area contributed by atoms with E-state index >= 15 is 0 Å². The molecule has 0 radical (unpaired) electrons. The van der Waals surface area contributed by atoms with E-state index in [4.69, 9.17) is 60.6 Å². The predicted octanol–water partition coefficient (Wildman–Crippen LogP) is 6.83. The van der Waals surface area contributed by atoms with Gasteiger partial charge in [0.2, 0.25) is 0 Å². The Morgan fingerprint density at radius 3 is 1.82 bits per heavy atom. The van der Waals surface area contributed by atoms with Crippen LogP contribution in [0.15, 0.2) is 48.6 Å². The van der Waals surface area contributed by atoms with E-state index in [0.717, 1.165) is 0 Å². The molecule has 2 aromatic carbocycles. The van der Waals surface area contributed by atoms with Crippen molar-refractivity contribution >= 4 is 63.9 Å². The van der Waals surface area contributed by atoms with E-state index in [1.165, 1.54) is 0 Å². The number of benzene rings is 2. The lowest BCUT2D eigenvalue weighted by molar-refractivity contribution is -0.186. The van der Waals surface area contributed by atoms with E-state index in [0.29, 0.717) is 31.2 Å². The van der Waals surface area contributed by atoms with Gasteiger partial charge in [-0.3, -0.25) is 14.4 Å². The highest BCUT2D eigenvalue weighted by Gasteiger charge is 2.87. The molecular formula is C29H26Cl4O6. The molecule has 0 N–H and O–H groups in total. The SMILES string of the molecule is C=C1C(=O)C[C@]23OC(=O)C[C@]12C(=O)[C@](C)(COCc1c(Cl)cccc1Cl)[C@]3(C)COCc1c(Cl)cccc1Cl. The molecule has 3 fully saturated rings. The molecule has 1 heterocycles. The van der Waals surface area contributed by atoms with E-state index in [1.807, 2.05) is 0 Å². The Kier molecular flexibility index (Phi) is 7.23. The molecule has 0 bridgehead atoms. The number of ketones is 2. The molecule has 0 unspecified atom stereocenters. The summed E-state index contributed by atoms with van der Waals surface area (Å²) in [5, 5.41) is 1.74. The summed E-state index contributed by atoms with van der Waals surface area (Å²) in [4.78, 5) is 40.2. The van der Waals surface area contributed by atoms with Crippen molar-refractivity contribution in [1.82, 2.24) is 0 Å². The normalized spacial score (nSPS) is 31.5. The molecule has 6 nitrogen and oxygen atoms in total. The van der Waals surface area contributed by atoms with Crippen LogP contribution in [0.2, 0.25) is 20.1 Å². The van der Waals surface area contributed by atoms with Gasteiger partial charge in [-0.05, 0) is 31.2 Å². The van der Waals surface area contributed by atoms with E-state index in [1.54, 1.807) is 50.2 Å². The Balaban J connectivity index is 1.52. The third-order valence-corrected chi connectivity index (χ3v) is 10.5. The van der Waals surface area contributed by atoms with Crippen molar-refractivity contribution in [1.29, 1.82) is 0 Å². The summed E-state index contributed by atoms with van der Waals surface area (Å²) < 4.78 is 18.3. The maximum atomic E-state index is 14.5. The maximum Gasteiger partial charge on any atom is 0.307 e. The molecule has 0 amide bonds. The van der Waals surface area contributed by atoms with Gasteiger partial charge in [-0.25, -0.2) is 0 Å². The molecule has 10 heteroatoms. The topological polar surface area (TPSA) is 78.9 Å². The Labute approximate surface area is 246 Å². The number of esters is 1. The molecule has 2 saturated carbocycles. The molecular weight excluding hydrogens is 586 g/mol. The van der Waals surface area contributed by atoms with E-state index in [2.05, 4.69) is 6.58 Å². The molecule has 1 aliphatic heterocycles. The Morgan fingerprint density at radius 1 is 0.821 bits per heavy atom. The molecule has 0 aromatic heterocycles. The van der Waals surface area contributed by atoms with Crippen LogP contribution in [0.3, 0.4) is 0 Å². The first kappa shape index (κ1) is 28.6. The largest absolute Gasteiger partial charge is 0.456 e. The summed E-state index contributed by atoms with van der Waals surface area (Å²) in [6, 6.07) is 10.3. The van der Waals surface area contributed by atoms with E-state index in [9.17, 15) is 14.4 Å². The summed E-state index contributed by atoms with van der Waals surface area (Å²) >= 11 is 25.3. The zero-order chi connectivity index (χ0) is 28.4. The van der Waals surface area contributed by atoms with E-state index in [-0.39, 0.29) is 56.4 Å². The van der Waals surface area contributed by atoms with E-state index < -0.39 is 27.8 Å². The predicted molar refractivity (Wildman–Crippen MR) is 148 cm³/mol. The number of hydrogen-bond donors (Lipinski definition) is 0. The lowest BCUT2D eigenvalue weighted by atomic mass is 9.61. The third-order valence-electron chi connectivity index (χ3n) is 9.04. The fourth-order valence-corrected chi connectivity index (χ4v) is 7.70. The van der Waals surface area contributed by atoms with Gasteiger partial charge in [0.05, 0.1) is 44.7 Å². The summed E-state index contributed by atoms with van der Waals surface area (Å²) in [6.45, 7) is 7.50. The van der Waals surface area contributed by atoms with Crippen molar-refractivity contribution in [3.05, 3.63) is 79.8 Å². The Hall–Kier alpha value is -1.93. The van der Waals surface area contributed by atoms with Gasteiger partial charge in [0.15, 0.2) is 11.6 Å². The monoisotopic (exact) mass is 610 g/mol. The van der Waals surface area contributed by atoms with Gasteiger partial charge in [-0.1, -0.05) is 72.0 Å². The first-order valence-corrected chi connectivity index (χ1v) is 13.9. The minimum absolute atomic E-state index is 0.0420. The maximum absolute atomic E-state index is 14.5. The molecule has 2 aliphatic carbocycles. The molecule has 0 spiro atoms. The Morgan fingerprint density at radius 2 is 1.31 bits per heavy atom. The number of carbonyl (C=O) groups is 3. The van der Waals surface area contributed by atoms with Crippen molar-refractivity contribution in [2.75, 3.05) is 13.2 Å². The number of rotatable bonds is 8. The number of hydrogen-bond acceptors (Lipinski definition) is 6. The molecule has 206 valence electrons. The minimum Gasteiger partial charge on any atom is -0.456 e. The molecule has 5 rings (SSSR count). The smallest absolute Gasteiger partial charge is 0.307 e. The number of ether oxygens (including phenoxy) is 3. The van der Waals surface area contributed by atoms with Gasteiger partial charge < -0.3 is 14.2 Å². The number of Topliss-reactive ketones (excluding diaryl/α,β-unsaturated/α-hetero) is 2. The van der Waals surface area contributed by atoms with Crippen LogP contribution in [-0.2, 0) is 41.8 Å². The molecule has 3 aliphatic rings. The highest BCUT2D eigenvalue weighted by atomic mass is 35.5. The molecule has 1 saturated heterocycles. The van der Waals surface area contributed by atoms with Crippen molar-refractivity contribution in [3.63, 3.8) is 0 Å². The average Bonchev–Trinajstić information content (AvgIpc) is 3.33. The van der Waals surface area contributed by atoms with Gasteiger partial charge >= 0.3 is 5.97 Å². The van der Waals surface area contributed by atoms with Gasteiger partial charge in [0.25, 0.3) is 0 Å². The second-order valence-electron chi connectivity index (χ2n) is 10.8. The van der Waals surface area contributed by atoms with Crippen LogP contribution in [-0.4, -0.2) is 36.4 Å². The quantitative estimate of drug-likeness (QED) is 0.240. The van der Waals surface area contributed by atoms with Crippen LogP contribution in [0, 0.1) is 16.2 Å². The second-order valence-corrected chi connectivity index (χ2v) is 12.5. The molecule has 39 heavy (non-hydrogen) atoms. The molecule has 4 atom stereocenters. The number of carbonyl (C=O) groups excluding carboxylic acids is 3. The highest BCUT2D eigenvalue weighted by Crippen LogP contribution is 2.75. The zero-order valence-corrected chi connectivity index (χ0v) is 24.4. The standard InChI is InChI=1S/C29H26Cl4O6/c1-16-23(34)10-29-27(3,15-38-13-18-21(32)8-5-9-22(18)33)26(2,25(36)28(16,29)11-24(35)39-29)14-37-12-17-19(30)6-4-7-20(17)31/h4-9H,1,10-15H2,2-3H3/t26-,27-,28+,29+/m0/s1. The van der Waals surface area contributed by atoms with Crippen molar-refractivity contribution in [2.24, 2.45) is 16.2 Å². The van der Waals surface area contributed by atoms with Gasteiger partial charge in [0.1, 0.15) is 11.0 Å². The van der Waals surface area contributed by atoms with Crippen molar-refractivity contribution in [2.45, 2.75) is 45.5 Å². The van der Waals surface area contributed by atoms with Crippen molar-refractivity contribution < 1.29 is 28.6 Å². The van der Waals surface area contributed by atoms with Gasteiger partial charge in [0, 0.05) is 42.2 Å². The summed E-state index contributed by atoms with van der Waals surface area (Å²) in [5.74, 6) is -1.19. The van der Waals surface area contributed by atoms with Crippen molar-refractivity contribution in [3.8, 4) is 0 Å². The first-order chi connectivity index (χ1) is 18.3. The lowest BCUT2D eigenvalue weighted by Gasteiger charge is -2.47. The highest BCUT2D eigenvalue weighted by molar-refractivity contribution is 6.36. The molecule has 2 aromatic rings. The second kappa shape index (κ2) is 9.86. The fourth-order valence-electron chi connectivity index (χ4n) is 6.69. The number of halogens is 4. The van der Waals surface area contributed by atoms with Crippen LogP contribution in [0.4, 0.5) is 0 Å². The fraction of sp³-hybridized carbons (Fsp3) is 0.414. The third kappa shape index (κ3) is 3.87. The summed E-state index contributed by atoms with van der Waals surface area (Å²) in [6.07, 6.45) is -0.420. The lowest BCUT2D eigenvalue weighted by Crippen LogP contribution is -2.56. The minimum atomic E-state index is -1.50.